The molecular weight excluding hydrogens is 384 g/mol. The molecule has 2 aromatic heterocycles. The van der Waals surface area contributed by atoms with E-state index in [-0.39, 0.29) is 18.3 Å². The normalized spacial score (nSPS) is 10.4. The van der Waals surface area contributed by atoms with E-state index in [1.54, 1.807) is 11.4 Å². The largest absolute Gasteiger partial charge is 0.501 e. The molecule has 0 aliphatic carbocycles. The summed E-state index contributed by atoms with van der Waals surface area (Å²) in [6, 6.07) is 11.1. The van der Waals surface area contributed by atoms with Crippen molar-refractivity contribution in [2.75, 3.05) is 11.9 Å². The first kappa shape index (κ1) is 19.1. The highest BCUT2D eigenvalue weighted by atomic mass is 32.1. The van der Waals surface area contributed by atoms with Gasteiger partial charge in [-0.2, -0.15) is 0 Å². The number of H-pyrrole nitrogens is 1. The van der Waals surface area contributed by atoms with E-state index in [0.29, 0.717) is 17.1 Å². The zero-order valence-electron chi connectivity index (χ0n) is 14.4. The van der Waals surface area contributed by atoms with Gasteiger partial charge in [-0.05, 0) is 17.0 Å². The van der Waals surface area contributed by atoms with Gasteiger partial charge >= 0.3 is 5.97 Å². The fraction of sp³-hybridized carbons (Fsp3) is 0.111. The number of aromatic carboxylic acids is 1. The van der Waals surface area contributed by atoms with Gasteiger partial charge < -0.3 is 25.8 Å². The number of aromatic amines is 1. The van der Waals surface area contributed by atoms with E-state index < -0.39 is 23.0 Å². The van der Waals surface area contributed by atoms with Crippen LogP contribution in [0.4, 0.5) is 5.69 Å². The summed E-state index contributed by atoms with van der Waals surface area (Å²) in [5.41, 5.74) is -0.217. The topological polar surface area (TPSA) is 144 Å². The first-order valence-electron chi connectivity index (χ1n) is 8.14. The van der Waals surface area contributed by atoms with Gasteiger partial charge in [0.1, 0.15) is 0 Å². The Morgan fingerprint density at radius 3 is 2.64 bits per heavy atom. The Labute approximate surface area is 162 Å². The number of nitrogens with zero attached hydrogens (tertiary/aromatic N) is 1. The maximum atomic E-state index is 12.0. The quantitative estimate of drug-likeness (QED) is 0.405. The highest BCUT2D eigenvalue weighted by molar-refractivity contribution is 7.14. The van der Waals surface area contributed by atoms with E-state index in [2.05, 4.69) is 20.6 Å². The molecule has 0 unspecified atom stereocenters. The molecule has 0 aliphatic rings. The minimum atomic E-state index is -1.52. The average Bonchev–Trinajstić information content (AvgIpc) is 3.16. The standard InChI is InChI=1S/C18H16N4O5S/c23-12(20-8-10-4-2-1-3-5-10)9-19-11-6-7-28-15(11)16-21-13(18(26)27)14(24)17(25)22-16/h1-7,19,24H,8-9H2,(H,20,23)(H,26,27)(H,21,22,25). The molecule has 1 aromatic carbocycles. The second-order valence-electron chi connectivity index (χ2n) is 5.70. The summed E-state index contributed by atoms with van der Waals surface area (Å²) in [4.78, 5) is 41.5. The maximum Gasteiger partial charge on any atom is 0.358 e. The van der Waals surface area contributed by atoms with Crippen LogP contribution in [0.25, 0.3) is 10.7 Å². The summed E-state index contributed by atoms with van der Waals surface area (Å²) >= 11 is 1.20. The third-order valence-corrected chi connectivity index (χ3v) is 4.67. The molecule has 1 amide bonds. The van der Waals surface area contributed by atoms with E-state index in [1.807, 2.05) is 30.3 Å². The average molecular weight is 400 g/mol. The first-order valence-corrected chi connectivity index (χ1v) is 9.02. The zero-order valence-corrected chi connectivity index (χ0v) is 15.2. The van der Waals surface area contributed by atoms with E-state index in [0.717, 1.165) is 5.56 Å². The van der Waals surface area contributed by atoms with Crippen molar-refractivity contribution in [2.24, 2.45) is 0 Å². The summed E-state index contributed by atoms with van der Waals surface area (Å²) in [5, 5.41) is 26.0. The van der Waals surface area contributed by atoms with Gasteiger partial charge in [0.2, 0.25) is 11.7 Å². The Kier molecular flexibility index (Phi) is 5.70. The molecule has 0 saturated carbocycles. The Morgan fingerprint density at radius 2 is 1.93 bits per heavy atom. The van der Waals surface area contributed by atoms with Crippen LogP contribution in [0.2, 0.25) is 0 Å². The summed E-state index contributed by atoms with van der Waals surface area (Å²) in [6.45, 7) is 0.372. The van der Waals surface area contributed by atoms with Gasteiger partial charge in [-0.25, -0.2) is 9.78 Å². The minimum absolute atomic E-state index is 0.0117. The summed E-state index contributed by atoms with van der Waals surface area (Å²) in [7, 11) is 0. The molecule has 0 fully saturated rings. The lowest BCUT2D eigenvalue weighted by atomic mass is 10.2. The lowest BCUT2D eigenvalue weighted by Crippen LogP contribution is -2.29. The van der Waals surface area contributed by atoms with Gasteiger partial charge in [0.05, 0.1) is 17.1 Å². The molecular formula is C18H16N4O5S. The monoisotopic (exact) mass is 400 g/mol. The lowest BCUT2D eigenvalue weighted by Gasteiger charge is -2.09. The van der Waals surface area contributed by atoms with Crippen molar-refractivity contribution in [1.82, 2.24) is 15.3 Å². The minimum Gasteiger partial charge on any atom is -0.501 e. The molecule has 0 aliphatic heterocycles. The van der Waals surface area contributed by atoms with Crippen LogP contribution < -0.4 is 16.2 Å². The Morgan fingerprint density at radius 1 is 1.18 bits per heavy atom. The summed E-state index contributed by atoms with van der Waals surface area (Å²) in [5.74, 6) is -2.72. The Balaban J connectivity index is 1.70. The molecule has 0 saturated heterocycles. The number of carboxylic acid groups (broad SMARTS) is 1. The highest BCUT2D eigenvalue weighted by Gasteiger charge is 2.19. The SMILES string of the molecule is O=C(CNc1ccsc1-c1nc(C(=O)O)c(O)c(=O)[nH]1)NCc1ccccc1. The number of hydrogen-bond acceptors (Lipinski definition) is 7. The molecule has 0 radical (unpaired) electrons. The number of rotatable bonds is 7. The van der Waals surface area contributed by atoms with Crippen molar-refractivity contribution in [3.05, 3.63) is 63.4 Å². The molecule has 144 valence electrons. The molecule has 9 nitrogen and oxygen atoms in total. The number of aromatic nitrogens is 2. The molecule has 0 spiro atoms. The predicted octanol–water partition coefficient (Wildman–Crippen LogP) is 1.63. The van der Waals surface area contributed by atoms with Crippen LogP contribution >= 0.6 is 11.3 Å². The van der Waals surface area contributed by atoms with E-state index >= 15 is 0 Å². The molecule has 2 heterocycles. The van der Waals surface area contributed by atoms with Crippen molar-refractivity contribution < 1.29 is 19.8 Å². The van der Waals surface area contributed by atoms with Gasteiger partial charge in [0, 0.05) is 6.54 Å². The van der Waals surface area contributed by atoms with Crippen LogP contribution in [0.15, 0.2) is 46.6 Å². The predicted molar refractivity (Wildman–Crippen MR) is 104 cm³/mol. The first-order chi connectivity index (χ1) is 13.5. The number of aromatic hydroxyl groups is 1. The van der Waals surface area contributed by atoms with Crippen LogP contribution in [0.1, 0.15) is 16.1 Å². The molecule has 10 heteroatoms. The third-order valence-electron chi connectivity index (χ3n) is 3.75. The fourth-order valence-electron chi connectivity index (χ4n) is 2.39. The summed E-state index contributed by atoms with van der Waals surface area (Å²) < 4.78 is 0. The van der Waals surface area contributed by atoms with Gasteiger partial charge in [-0.3, -0.25) is 9.59 Å². The fourth-order valence-corrected chi connectivity index (χ4v) is 3.21. The number of carbonyl (C=O) groups excluding carboxylic acids is 1. The number of hydrogen-bond donors (Lipinski definition) is 5. The number of benzene rings is 1. The van der Waals surface area contributed by atoms with Crippen LogP contribution in [-0.2, 0) is 11.3 Å². The number of thiophene rings is 1. The molecule has 0 bridgehead atoms. The molecule has 28 heavy (non-hydrogen) atoms. The van der Waals surface area contributed by atoms with Crippen LogP contribution in [0.3, 0.4) is 0 Å². The van der Waals surface area contributed by atoms with Crippen molar-refractivity contribution in [2.45, 2.75) is 6.54 Å². The lowest BCUT2D eigenvalue weighted by molar-refractivity contribution is -0.119. The second-order valence-corrected chi connectivity index (χ2v) is 6.61. The van der Waals surface area contributed by atoms with Crippen LogP contribution in [-0.4, -0.2) is 38.6 Å². The summed E-state index contributed by atoms with van der Waals surface area (Å²) in [6.07, 6.45) is 0. The third kappa shape index (κ3) is 4.35. The molecule has 0 atom stereocenters. The van der Waals surface area contributed by atoms with Gasteiger partial charge in [0.25, 0.3) is 5.56 Å². The van der Waals surface area contributed by atoms with Crippen LogP contribution in [0, 0.1) is 0 Å². The van der Waals surface area contributed by atoms with E-state index in [4.69, 9.17) is 5.11 Å². The smallest absolute Gasteiger partial charge is 0.358 e. The molecule has 5 N–H and O–H groups in total. The van der Waals surface area contributed by atoms with Gasteiger partial charge in [-0.1, -0.05) is 30.3 Å². The number of amides is 1. The Hall–Kier alpha value is -3.66. The molecule has 3 rings (SSSR count). The number of carboxylic acids is 1. The van der Waals surface area contributed by atoms with E-state index in [9.17, 15) is 19.5 Å². The van der Waals surface area contributed by atoms with Crippen molar-refractivity contribution in [3.8, 4) is 16.5 Å². The van der Waals surface area contributed by atoms with E-state index in [1.165, 1.54) is 11.3 Å². The number of nitrogens with one attached hydrogen (secondary N) is 3. The zero-order chi connectivity index (χ0) is 20.1. The van der Waals surface area contributed by atoms with Crippen molar-refractivity contribution in [3.63, 3.8) is 0 Å². The van der Waals surface area contributed by atoms with Crippen molar-refractivity contribution >= 4 is 28.9 Å². The van der Waals surface area contributed by atoms with Gasteiger partial charge in [-0.15, -0.1) is 11.3 Å². The number of carbonyl (C=O) groups is 2. The maximum absolute atomic E-state index is 12.0. The Bertz CT molecular complexity index is 1060. The van der Waals surface area contributed by atoms with Crippen LogP contribution in [0.5, 0.6) is 5.75 Å². The highest BCUT2D eigenvalue weighted by Crippen LogP contribution is 2.31. The van der Waals surface area contributed by atoms with Gasteiger partial charge in [0.15, 0.2) is 11.5 Å². The second kappa shape index (κ2) is 8.35. The van der Waals surface area contributed by atoms with Crippen molar-refractivity contribution in [1.29, 1.82) is 0 Å². The molecule has 3 aromatic rings. The number of anilines is 1.